The van der Waals surface area contributed by atoms with Gasteiger partial charge in [0, 0.05) is 13.7 Å². The zero-order chi connectivity index (χ0) is 6.62. The van der Waals surface area contributed by atoms with Crippen molar-refractivity contribution >= 4 is 0 Å². The highest BCUT2D eigenvalue weighted by atomic mass is 16.5. The fourth-order valence-electron chi connectivity index (χ4n) is 0.372. The minimum Gasteiger partial charge on any atom is -0.377 e. The molecule has 2 nitrogen and oxygen atoms in total. The molecule has 0 aromatic carbocycles. The average Bonchev–Trinajstić information content (AvgIpc) is 1.87. The van der Waals surface area contributed by atoms with Crippen LogP contribution >= 0.6 is 0 Å². The summed E-state index contributed by atoms with van der Waals surface area (Å²) in [6.45, 7) is 4.67. The Hall–Kier alpha value is -0.0800. The first-order valence-corrected chi connectivity index (χ1v) is 2.93. The van der Waals surface area contributed by atoms with Crippen LogP contribution in [0.2, 0.25) is 0 Å². The van der Waals surface area contributed by atoms with Gasteiger partial charge >= 0.3 is 0 Å². The third-order valence-corrected chi connectivity index (χ3v) is 1.67. The van der Waals surface area contributed by atoms with Crippen LogP contribution in [0, 0.1) is 0 Å². The molecule has 0 aliphatic rings. The van der Waals surface area contributed by atoms with Crippen molar-refractivity contribution in [1.29, 1.82) is 0 Å². The van der Waals surface area contributed by atoms with Gasteiger partial charge in [-0.15, -0.1) is 0 Å². The SMILES string of the molecule is CCC(C)(CN)OC. The highest BCUT2D eigenvalue weighted by molar-refractivity contribution is 4.72. The fourth-order valence-corrected chi connectivity index (χ4v) is 0.372. The van der Waals surface area contributed by atoms with Crippen molar-refractivity contribution in [1.82, 2.24) is 0 Å². The standard InChI is InChI=1S/C6H15NO/c1-4-6(2,5-7)8-3/h4-5,7H2,1-3H3. The van der Waals surface area contributed by atoms with E-state index in [0.29, 0.717) is 6.54 Å². The number of hydrogen-bond donors (Lipinski definition) is 1. The zero-order valence-electron chi connectivity index (χ0n) is 5.90. The Morgan fingerprint density at radius 1 is 1.62 bits per heavy atom. The molecule has 0 radical (unpaired) electrons. The Labute approximate surface area is 51.0 Å². The van der Waals surface area contributed by atoms with Gasteiger partial charge in [0.05, 0.1) is 5.60 Å². The second kappa shape index (κ2) is 3.05. The molecule has 0 heterocycles. The van der Waals surface area contributed by atoms with Crippen molar-refractivity contribution in [2.24, 2.45) is 5.73 Å². The minimum atomic E-state index is -0.0972. The van der Waals surface area contributed by atoms with Crippen molar-refractivity contribution in [3.63, 3.8) is 0 Å². The second-order valence-electron chi connectivity index (χ2n) is 2.21. The molecule has 0 rings (SSSR count). The summed E-state index contributed by atoms with van der Waals surface area (Å²) in [5, 5.41) is 0. The molecule has 0 saturated heterocycles. The maximum atomic E-state index is 5.40. The molecule has 0 aromatic heterocycles. The summed E-state index contributed by atoms with van der Waals surface area (Å²) in [7, 11) is 1.69. The Bertz CT molecular complexity index is 51.3. The van der Waals surface area contributed by atoms with Crippen LogP contribution in [-0.2, 0) is 4.74 Å². The lowest BCUT2D eigenvalue weighted by Crippen LogP contribution is -2.35. The predicted octanol–water partition coefficient (Wildman–Crippen LogP) is 0.760. The lowest BCUT2D eigenvalue weighted by Gasteiger charge is -2.23. The van der Waals surface area contributed by atoms with Crippen LogP contribution in [0.15, 0.2) is 0 Å². The van der Waals surface area contributed by atoms with E-state index in [2.05, 4.69) is 6.92 Å². The Morgan fingerprint density at radius 2 is 2.12 bits per heavy atom. The first-order valence-electron chi connectivity index (χ1n) is 2.93. The van der Waals surface area contributed by atoms with Crippen molar-refractivity contribution in [3.8, 4) is 0 Å². The molecule has 0 spiro atoms. The molecule has 0 aliphatic carbocycles. The maximum Gasteiger partial charge on any atom is 0.0769 e. The summed E-state index contributed by atoms with van der Waals surface area (Å²) in [5.74, 6) is 0. The van der Waals surface area contributed by atoms with E-state index in [1.165, 1.54) is 0 Å². The molecule has 1 atom stereocenters. The van der Waals surface area contributed by atoms with Crippen LogP contribution in [0.1, 0.15) is 20.3 Å². The fraction of sp³-hybridized carbons (Fsp3) is 1.00. The topological polar surface area (TPSA) is 35.2 Å². The van der Waals surface area contributed by atoms with Crippen LogP contribution in [0.4, 0.5) is 0 Å². The number of methoxy groups -OCH3 is 1. The van der Waals surface area contributed by atoms with E-state index in [-0.39, 0.29) is 5.60 Å². The summed E-state index contributed by atoms with van der Waals surface area (Å²) in [4.78, 5) is 0. The highest BCUT2D eigenvalue weighted by Gasteiger charge is 2.17. The highest BCUT2D eigenvalue weighted by Crippen LogP contribution is 2.10. The normalized spacial score (nSPS) is 18.0. The van der Waals surface area contributed by atoms with E-state index in [1.54, 1.807) is 7.11 Å². The van der Waals surface area contributed by atoms with E-state index in [0.717, 1.165) is 6.42 Å². The molecular weight excluding hydrogens is 102 g/mol. The van der Waals surface area contributed by atoms with Crippen molar-refractivity contribution in [2.75, 3.05) is 13.7 Å². The van der Waals surface area contributed by atoms with Gasteiger partial charge in [0.2, 0.25) is 0 Å². The van der Waals surface area contributed by atoms with Gasteiger partial charge in [-0.25, -0.2) is 0 Å². The zero-order valence-corrected chi connectivity index (χ0v) is 5.90. The van der Waals surface area contributed by atoms with Crippen molar-refractivity contribution < 1.29 is 4.74 Å². The molecular formula is C6H15NO. The van der Waals surface area contributed by atoms with E-state index in [9.17, 15) is 0 Å². The summed E-state index contributed by atoms with van der Waals surface area (Å²) < 4.78 is 5.11. The van der Waals surface area contributed by atoms with Gasteiger partial charge in [0.1, 0.15) is 0 Å². The first-order chi connectivity index (χ1) is 3.68. The first kappa shape index (κ1) is 7.92. The molecule has 1 unspecified atom stereocenters. The lowest BCUT2D eigenvalue weighted by molar-refractivity contribution is 0.0108. The molecule has 0 amide bonds. The molecule has 0 aromatic rings. The van der Waals surface area contributed by atoms with E-state index >= 15 is 0 Å². The molecule has 0 fully saturated rings. The van der Waals surface area contributed by atoms with Crippen LogP contribution < -0.4 is 5.73 Å². The summed E-state index contributed by atoms with van der Waals surface area (Å²) >= 11 is 0. The Kier molecular flexibility index (Phi) is 3.02. The number of hydrogen-bond acceptors (Lipinski definition) is 2. The van der Waals surface area contributed by atoms with E-state index in [4.69, 9.17) is 10.5 Å². The predicted molar refractivity (Wildman–Crippen MR) is 34.8 cm³/mol. The van der Waals surface area contributed by atoms with Gasteiger partial charge in [0.25, 0.3) is 0 Å². The van der Waals surface area contributed by atoms with Crippen LogP contribution in [-0.4, -0.2) is 19.3 Å². The number of nitrogens with two attached hydrogens (primary N) is 1. The number of rotatable bonds is 3. The molecule has 0 bridgehead atoms. The van der Waals surface area contributed by atoms with Crippen LogP contribution in [0.3, 0.4) is 0 Å². The molecule has 2 N–H and O–H groups in total. The smallest absolute Gasteiger partial charge is 0.0769 e. The quantitative estimate of drug-likeness (QED) is 0.592. The number of ether oxygens (including phenoxy) is 1. The largest absolute Gasteiger partial charge is 0.377 e. The average molecular weight is 117 g/mol. The Morgan fingerprint density at radius 3 is 2.12 bits per heavy atom. The van der Waals surface area contributed by atoms with Crippen molar-refractivity contribution in [3.05, 3.63) is 0 Å². The third kappa shape index (κ3) is 1.80. The maximum absolute atomic E-state index is 5.40. The molecule has 0 saturated carbocycles. The summed E-state index contributed by atoms with van der Waals surface area (Å²) in [5.41, 5.74) is 5.31. The monoisotopic (exact) mass is 117 g/mol. The van der Waals surface area contributed by atoms with Gasteiger partial charge in [-0.05, 0) is 13.3 Å². The van der Waals surface area contributed by atoms with Gasteiger partial charge in [-0.2, -0.15) is 0 Å². The van der Waals surface area contributed by atoms with Gasteiger partial charge in [-0.3, -0.25) is 0 Å². The van der Waals surface area contributed by atoms with E-state index in [1.807, 2.05) is 6.92 Å². The van der Waals surface area contributed by atoms with Gasteiger partial charge in [0.15, 0.2) is 0 Å². The third-order valence-electron chi connectivity index (χ3n) is 1.67. The molecule has 50 valence electrons. The summed E-state index contributed by atoms with van der Waals surface area (Å²) in [6.07, 6.45) is 0.972. The minimum absolute atomic E-state index is 0.0972. The Balaban J connectivity index is 3.58. The molecule has 8 heavy (non-hydrogen) atoms. The lowest BCUT2D eigenvalue weighted by atomic mass is 10.0. The molecule has 0 aliphatic heterocycles. The van der Waals surface area contributed by atoms with Crippen LogP contribution in [0.5, 0.6) is 0 Å². The van der Waals surface area contributed by atoms with Crippen molar-refractivity contribution in [2.45, 2.75) is 25.9 Å². The summed E-state index contributed by atoms with van der Waals surface area (Å²) in [6, 6.07) is 0. The van der Waals surface area contributed by atoms with Gasteiger partial charge < -0.3 is 10.5 Å². The van der Waals surface area contributed by atoms with Gasteiger partial charge in [-0.1, -0.05) is 6.92 Å². The second-order valence-corrected chi connectivity index (χ2v) is 2.21. The van der Waals surface area contributed by atoms with E-state index < -0.39 is 0 Å². The molecule has 2 heteroatoms. The van der Waals surface area contributed by atoms with Crippen LogP contribution in [0.25, 0.3) is 0 Å².